The number of thiazole rings is 1. The van der Waals surface area contributed by atoms with E-state index in [0.717, 1.165) is 23.3 Å². The molecule has 1 aliphatic rings. The second-order valence-corrected chi connectivity index (χ2v) is 10.2. The summed E-state index contributed by atoms with van der Waals surface area (Å²) in [6.07, 6.45) is -3.92. The lowest BCUT2D eigenvalue weighted by Gasteiger charge is -2.36. The van der Waals surface area contributed by atoms with Crippen LogP contribution in [0.15, 0.2) is 47.8 Å². The van der Waals surface area contributed by atoms with Crippen LogP contribution in [0.5, 0.6) is 0 Å². The molecule has 3 aromatic rings. The first-order valence-electron chi connectivity index (χ1n) is 11.6. The number of rotatable bonds is 6. The van der Waals surface area contributed by atoms with E-state index >= 15 is 0 Å². The first-order chi connectivity index (χ1) is 17.0. The molecule has 1 unspecified atom stereocenters. The largest absolute Gasteiger partial charge is 0.465 e. The van der Waals surface area contributed by atoms with E-state index in [-0.39, 0.29) is 18.4 Å². The van der Waals surface area contributed by atoms with Crippen LogP contribution < -0.4 is 5.32 Å². The molecule has 2 N–H and O–H groups in total. The van der Waals surface area contributed by atoms with Crippen molar-refractivity contribution in [2.45, 2.75) is 45.3 Å². The van der Waals surface area contributed by atoms with Crippen molar-refractivity contribution in [1.82, 2.24) is 9.88 Å². The van der Waals surface area contributed by atoms with E-state index in [1.807, 2.05) is 19.9 Å². The van der Waals surface area contributed by atoms with Gasteiger partial charge in [-0.3, -0.25) is 4.79 Å². The van der Waals surface area contributed by atoms with Gasteiger partial charge < -0.3 is 15.3 Å². The van der Waals surface area contributed by atoms with Crippen LogP contribution in [0, 0.1) is 5.92 Å². The predicted molar refractivity (Wildman–Crippen MR) is 131 cm³/mol. The van der Waals surface area contributed by atoms with E-state index in [1.54, 1.807) is 23.6 Å². The van der Waals surface area contributed by atoms with Crippen molar-refractivity contribution in [3.05, 3.63) is 80.7 Å². The molecule has 0 bridgehead atoms. The number of hydrogen-bond donors (Lipinski definition) is 2. The van der Waals surface area contributed by atoms with Crippen molar-refractivity contribution < 1.29 is 27.9 Å². The van der Waals surface area contributed by atoms with Gasteiger partial charge in [-0.25, -0.2) is 9.78 Å². The Morgan fingerprint density at radius 3 is 2.69 bits per heavy atom. The number of nitrogens with one attached hydrogen (secondary N) is 1. The molecule has 190 valence electrons. The normalized spacial score (nSPS) is 15.6. The number of carbonyl (C=O) groups excluding carboxylic acids is 1. The lowest BCUT2D eigenvalue weighted by Crippen LogP contribution is -2.39. The maximum Gasteiger partial charge on any atom is 0.416 e. The molecule has 1 atom stereocenters. The number of benzene rings is 2. The second kappa shape index (κ2) is 10.3. The average molecular weight is 518 g/mol. The Morgan fingerprint density at radius 2 is 2.00 bits per heavy atom. The van der Waals surface area contributed by atoms with Gasteiger partial charge in [0.2, 0.25) is 0 Å². The van der Waals surface area contributed by atoms with Gasteiger partial charge >= 0.3 is 12.3 Å². The number of fused-ring (bicyclic) bond motifs is 1. The molecular formula is C26H26F3N3O3S. The van der Waals surface area contributed by atoms with Gasteiger partial charge in [-0.1, -0.05) is 38.1 Å². The highest BCUT2D eigenvalue weighted by Gasteiger charge is 2.32. The van der Waals surface area contributed by atoms with Crippen molar-refractivity contribution >= 4 is 29.2 Å². The molecule has 0 aliphatic carbocycles. The summed E-state index contributed by atoms with van der Waals surface area (Å²) in [4.78, 5) is 30.4. The zero-order chi connectivity index (χ0) is 26.0. The van der Waals surface area contributed by atoms with Gasteiger partial charge in [-0.15, -0.1) is 11.3 Å². The van der Waals surface area contributed by atoms with Crippen LogP contribution in [0.4, 0.5) is 23.8 Å². The Morgan fingerprint density at radius 1 is 1.22 bits per heavy atom. The van der Waals surface area contributed by atoms with Gasteiger partial charge in [-0.05, 0) is 53.6 Å². The fourth-order valence-electron chi connectivity index (χ4n) is 4.45. The third kappa shape index (κ3) is 5.87. The number of carbonyl (C=O) groups is 2. The molecule has 2 aromatic carbocycles. The van der Waals surface area contributed by atoms with Crippen molar-refractivity contribution in [2.75, 3.05) is 11.9 Å². The molecule has 0 radical (unpaired) electrons. The number of amides is 2. The molecule has 36 heavy (non-hydrogen) atoms. The molecule has 0 spiro atoms. The zero-order valence-corrected chi connectivity index (χ0v) is 20.6. The summed E-state index contributed by atoms with van der Waals surface area (Å²) in [5, 5.41) is 14.6. The highest BCUT2D eigenvalue weighted by atomic mass is 32.1. The number of halogens is 3. The molecule has 2 heterocycles. The Bertz CT molecular complexity index is 1270. The summed E-state index contributed by atoms with van der Waals surface area (Å²) in [6, 6.07) is 10.2. The van der Waals surface area contributed by atoms with Crippen molar-refractivity contribution in [3.63, 3.8) is 0 Å². The van der Waals surface area contributed by atoms with Crippen molar-refractivity contribution in [1.29, 1.82) is 0 Å². The molecule has 6 nitrogen and oxygen atoms in total. The molecule has 0 saturated carbocycles. The van der Waals surface area contributed by atoms with Crippen LogP contribution >= 0.6 is 11.3 Å². The first kappa shape index (κ1) is 25.7. The molecule has 0 fully saturated rings. The predicted octanol–water partition coefficient (Wildman–Crippen LogP) is 6.63. The molecule has 4 rings (SSSR count). The average Bonchev–Trinajstić information content (AvgIpc) is 3.24. The Kier molecular flexibility index (Phi) is 7.35. The van der Waals surface area contributed by atoms with Crippen molar-refractivity contribution in [3.8, 4) is 0 Å². The second-order valence-electron chi connectivity index (χ2n) is 9.24. The number of anilines is 1. The molecular weight excluding hydrogens is 491 g/mol. The Balaban J connectivity index is 1.46. The summed E-state index contributed by atoms with van der Waals surface area (Å²) < 4.78 is 38.9. The molecule has 2 amide bonds. The molecule has 10 heteroatoms. The van der Waals surface area contributed by atoms with Gasteiger partial charge in [0, 0.05) is 23.9 Å². The lowest BCUT2D eigenvalue weighted by molar-refractivity contribution is -0.137. The minimum atomic E-state index is -4.41. The van der Waals surface area contributed by atoms with Crippen LogP contribution in [0.1, 0.15) is 63.9 Å². The van der Waals surface area contributed by atoms with Gasteiger partial charge in [0.05, 0.1) is 16.6 Å². The summed E-state index contributed by atoms with van der Waals surface area (Å²) in [6.45, 7) is 4.46. The van der Waals surface area contributed by atoms with Gasteiger partial charge in [-0.2, -0.15) is 13.2 Å². The van der Waals surface area contributed by atoms with Gasteiger partial charge in [0.25, 0.3) is 5.91 Å². The monoisotopic (exact) mass is 517 g/mol. The molecule has 1 aliphatic heterocycles. The maximum atomic E-state index is 13.0. The van der Waals surface area contributed by atoms with Crippen LogP contribution in [0.2, 0.25) is 0 Å². The quantitative estimate of drug-likeness (QED) is 0.385. The topological polar surface area (TPSA) is 82.5 Å². The minimum absolute atomic E-state index is 0.223. The van der Waals surface area contributed by atoms with Crippen LogP contribution in [-0.4, -0.2) is 33.5 Å². The smallest absolute Gasteiger partial charge is 0.416 e. The first-order valence-corrected chi connectivity index (χ1v) is 12.4. The van der Waals surface area contributed by atoms with E-state index < -0.39 is 17.8 Å². The van der Waals surface area contributed by atoms with E-state index in [1.165, 1.54) is 22.3 Å². The highest BCUT2D eigenvalue weighted by molar-refractivity contribution is 7.10. The highest BCUT2D eigenvalue weighted by Crippen LogP contribution is 2.35. The summed E-state index contributed by atoms with van der Waals surface area (Å²) in [5.74, 6) is 0.287. The zero-order valence-electron chi connectivity index (χ0n) is 19.8. The third-order valence-corrected chi connectivity index (χ3v) is 6.95. The van der Waals surface area contributed by atoms with E-state index in [2.05, 4.69) is 10.3 Å². The van der Waals surface area contributed by atoms with Gasteiger partial charge in [0.1, 0.15) is 5.82 Å². The van der Waals surface area contributed by atoms with Crippen molar-refractivity contribution in [2.24, 2.45) is 5.92 Å². The molecule has 0 saturated heterocycles. The Hall–Kier alpha value is -3.40. The van der Waals surface area contributed by atoms with Gasteiger partial charge in [0.15, 0.2) is 0 Å². The SMILES string of the molecule is CC(C)CC1c2ccc(C(=O)Nc3csc(Cc4cccc(C(F)(F)F)c4)n3)cc2CCN1C(=O)O. The summed E-state index contributed by atoms with van der Waals surface area (Å²) in [7, 11) is 0. The third-order valence-electron chi connectivity index (χ3n) is 6.11. The van der Waals surface area contributed by atoms with Crippen LogP contribution in [0.3, 0.4) is 0 Å². The number of carboxylic acid groups (broad SMARTS) is 1. The fourth-order valence-corrected chi connectivity index (χ4v) is 5.21. The number of aromatic nitrogens is 1. The van der Waals surface area contributed by atoms with E-state index in [4.69, 9.17) is 0 Å². The van der Waals surface area contributed by atoms with E-state index in [9.17, 15) is 27.9 Å². The number of nitrogens with zero attached hydrogens (tertiary/aromatic N) is 2. The molecule has 1 aromatic heterocycles. The fraction of sp³-hybridized carbons (Fsp3) is 0.346. The Labute approximate surface area is 210 Å². The maximum absolute atomic E-state index is 13.0. The number of alkyl halides is 3. The standard InChI is InChI=1S/C26H26F3N3O3S/c1-15(2)10-21-20-7-6-18(13-17(20)8-9-32(21)25(34)35)24(33)31-22-14-36-23(30-22)12-16-4-3-5-19(11-16)26(27,28)29/h3-7,11,13-15,21H,8-10,12H2,1-2H3,(H,31,33)(H,34,35). The van der Waals surface area contributed by atoms with Crippen LogP contribution in [0.25, 0.3) is 0 Å². The summed E-state index contributed by atoms with van der Waals surface area (Å²) in [5.41, 5.74) is 2.09. The lowest BCUT2D eigenvalue weighted by atomic mass is 9.87. The summed E-state index contributed by atoms with van der Waals surface area (Å²) >= 11 is 1.26. The van der Waals surface area contributed by atoms with Crippen LogP contribution in [-0.2, 0) is 19.0 Å². The number of hydrogen-bond acceptors (Lipinski definition) is 4. The minimum Gasteiger partial charge on any atom is -0.465 e. The van der Waals surface area contributed by atoms with E-state index in [0.29, 0.717) is 47.3 Å².